The summed E-state index contributed by atoms with van der Waals surface area (Å²) in [4.78, 5) is 27.6. The molecule has 1 aromatic carbocycles. The Bertz CT molecular complexity index is 1120. The maximum Gasteiger partial charge on any atom is 0.341 e. The number of esters is 1. The third-order valence-corrected chi connectivity index (χ3v) is 5.59. The Hall–Kier alpha value is -3.52. The van der Waals surface area contributed by atoms with Crippen molar-refractivity contribution in [1.82, 2.24) is 0 Å². The maximum absolute atomic E-state index is 13.1. The zero-order chi connectivity index (χ0) is 21.8. The van der Waals surface area contributed by atoms with Gasteiger partial charge in [0.2, 0.25) is 0 Å². The third kappa shape index (κ3) is 4.64. The summed E-state index contributed by atoms with van der Waals surface area (Å²) in [5.41, 5.74) is 1.02. The number of hydrogen-bond donors (Lipinski definition) is 0. The molecule has 0 saturated carbocycles. The van der Waals surface area contributed by atoms with E-state index < -0.39 is 5.97 Å². The number of carbonyl (C=O) groups excluding carboxylic acids is 2. The van der Waals surface area contributed by atoms with Gasteiger partial charge in [-0.05, 0) is 42.6 Å². The van der Waals surface area contributed by atoms with Crippen molar-refractivity contribution in [2.45, 2.75) is 13.5 Å². The van der Waals surface area contributed by atoms with Crippen LogP contribution in [0.3, 0.4) is 0 Å². The largest absolute Gasteiger partial charge is 0.486 e. The summed E-state index contributed by atoms with van der Waals surface area (Å²) in [5.74, 6) is 1.38. The Morgan fingerprint density at radius 2 is 1.97 bits per heavy atom. The molecule has 3 aromatic rings. The first-order chi connectivity index (χ1) is 15.0. The molecule has 1 aliphatic rings. The van der Waals surface area contributed by atoms with Crippen molar-refractivity contribution in [3.63, 3.8) is 0 Å². The monoisotopic (exact) mass is 439 g/mol. The minimum absolute atomic E-state index is 0.237. The van der Waals surface area contributed by atoms with E-state index in [-0.39, 0.29) is 5.91 Å². The summed E-state index contributed by atoms with van der Waals surface area (Å²) in [7, 11) is 1.31. The molecule has 0 unspecified atom stereocenters. The molecular formula is C23H21NO6S. The van der Waals surface area contributed by atoms with Gasteiger partial charge in [-0.3, -0.25) is 4.79 Å². The quantitative estimate of drug-likeness (QED) is 0.417. The standard InChI is InChI=1S/C23H21NO6S/c1-15-19(23(26)27-2)13-17(30-15)6-8-22(25)24(14-18-4-3-11-31-18)16-5-7-20-21(12-16)29-10-9-28-20/h3-8,11-13H,9-10,14H2,1-2H3. The first-order valence-corrected chi connectivity index (χ1v) is 10.5. The van der Waals surface area contributed by atoms with E-state index in [1.807, 2.05) is 23.6 Å². The van der Waals surface area contributed by atoms with Gasteiger partial charge in [-0.25, -0.2) is 4.79 Å². The number of ether oxygens (including phenoxy) is 3. The number of anilines is 1. The lowest BCUT2D eigenvalue weighted by Gasteiger charge is -2.24. The summed E-state index contributed by atoms with van der Waals surface area (Å²) >= 11 is 1.57. The molecular weight excluding hydrogens is 418 g/mol. The molecule has 0 spiro atoms. The van der Waals surface area contributed by atoms with E-state index in [0.29, 0.717) is 54.0 Å². The first-order valence-electron chi connectivity index (χ1n) is 9.65. The Morgan fingerprint density at radius 1 is 1.16 bits per heavy atom. The number of carbonyl (C=O) groups is 2. The van der Waals surface area contributed by atoms with Gasteiger partial charge in [0.1, 0.15) is 30.3 Å². The minimum atomic E-state index is -0.483. The molecule has 0 N–H and O–H groups in total. The number of benzene rings is 1. The lowest BCUT2D eigenvalue weighted by Crippen LogP contribution is -2.28. The second-order valence-electron chi connectivity index (χ2n) is 6.78. The highest BCUT2D eigenvalue weighted by molar-refractivity contribution is 7.09. The lowest BCUT2D eigenvalue weighted by atomic mass is 10.2. The molecule has 4 rings (SSSR count). The van der Waals surface area contributed by atoms with Gasteiger partial charge >= 0.3 is 5.97 Å². The molecule has 7 nitrogen and oxygen atoms in total. The number of furan rings is 1. The molecule has 0 radical (unpaired) electrons. The lowest BCUT2D eigenvalue weighted by molar-refractivity contribution is -0.114. The van der Waals surface area contributed by atoms with Crippen molar-refractivity contribution in [1.29, 1.82) is 0 Å². The maximum atomic E-state index is 13.1. The van der Waals surface area contributed by atoms with Gasteiger partial charge in [-0.15, -0.1) is 11.3 Å². The summed E-state index contributed by atoms with van der Waals surface area (Å²) in [6, 6.07) is 10.9. The van der Waals surface area contributed by atoms with Crippen LogP contribution >= 0.6 is 11.3 Å². The molecule has 0 atom stereocenters. The molecule has 0 bridgehead atoms. The van der Waals surface area contributed by atoms with Crippen LogP contribution in [0.2, 0.25) is 0 Å². The molecule has 1 amide bonds. The van der Waals surface area contributed by atoms with Gasteiger partial charge in [0.25, 0.3) is 5.91 Å². The molecule has 2 aromatic heterocycles. The van der Waals surface area contributed by atoms with Crippen LogP contribution in [0.15, 0.2) is 52.3 Å². The molecule has 1 aliphatic heterocycles. The smallest absolute Gasteiger partial charge is 0.341 e. The van der Waals surface area contributed by atoms with Crippen LogP contribution in [0.5, 0.6) is 11.5 Å². The predicted molar refractivity (Wildman–Crippen MR) is 117 cm³/mol. The van der Waals surface area contributed by atoms with Crippen molar-refractivity contribution in [3.05, 3.63) is 69.8 Å². The van der Waals surface area contributed by atoms with Crippen LogP contribution in [-0.4, -0.2) is 32.2 Å². The third-order valence-electron chi connectivity index (χ3n) is 4.73. The molecule has 31 heavy (non-hydrogen) atoms. The van der Waals surface area contributed by atoms with Gasteiger partial charge in [-0.1, -0.05) is 6.07 Å². The van der Waals surface area contributed by atoms with Crippen molar-refractivity contribution in [3.8, 4) is 11.5 Å². The Labute approximate surface area is 183 Å². The summed E-state index contributed by atoms with van der Waals surface area (Å²) in [5, 5.41) is 1.97. The van der Waals surface area contributed by atoms with Gasteiger partial charge < -0.3 is 23.5 Å². The molecule has 8 heteroatoms. The van der Waals surface area contributed by atoms with Crippen LogP contribution in [-0.2, 0) is 16.1 Å². The van der Waals surface area contributed by atoms with E-state index in [0.717, 1.165) is 4.88 Å². The first kappa shape index (κ1) is 20.7. The molecule has 3 heterocycles. The number of methoxy groups -OCH3 is 1. The Morgan fingerprint density at radius 3 is 2.71 bits per heavy atom. The second kappa shape index (κ2) is 9.09. The van der Waals surface area contributed by atoms with Crippen LogP contribution in [0.25, 0.3) is 6.08 Å². The van der Waals surface area contributed by atoms with E-state index >= 15 is 0 Å². The number of amides is 1. The van der Waals surface area contributed by atoms with Crippen LogP contribution < -0.4 is 14.4 Å². The molecule has 160 valence electrons. The minimum Gasteiger partial charge on any atom is -0.486 e. The molecule has 0 aliphatic carbocycles. The second-order valence-corrected chi connectivity index (χ2v) is 7.81. The van der Waals surface area contributed by atoms with Gasteiger partial charge in [0.05, 0.1) is 13.7 Å². The summed E-state index contributed by atoms with van der Waals surface area (Å²) < 4.78 is 21.5. The number of thiophene rings is 1. The normalized spacial score (nSPS) is 12.7. The van der Waals surface area contributed by atoms with E-state index in [1.165, 1.54) is 13.2 Å². The van der Waals surface area contributed by atoms with Crippen molar-refractivity contribution in [2.24, 2.45) is 0 Å². The number of rotatable bonds is 6. The van der Waals surface area contributed by atoms with Crippen LogP contribution in [0.4, 0.5) is 5.69 Å². The fourth-order valence-electron chi connectivity index (χ4n) is 3.20. The van der Waals surface area contributed by atoms with E-state index in [1.54, 1.807) is 47.4 Å². The van der Waals surface area contributed by atoms with Gasteiger partial charge in [-0.2, -0.15) is 0 Å². The SMILES string of the molecule is COC(=O)c1cc(C=CC(=O)N(Cc2cccs2)c2ccc3c(c2)OCCO3)oc1C. The van der Waals surface area contributed by atoms with Crippen LogP contribution in [0, 0.1) is 6.92 Å². The highest BCUT2D eigenvalue weighted by atomic mass is 32.1. The van der Waals surface area contributed by atoms with Crippen molar-refractivity contribution >= 4 is 35.0 Å². The van der Waals surface area contributed by atoms with Crippen molar-refractivity contribution < 1.29 is 28.2 Å². The number of aryl methyl sites for hydroxylation is 1. The number of nitrogens with zero attached hydrogens (tertiary/aromatic N) is 1. The predicted octanol–water partition coefficient (Wildman–Crippen LogP) is 4.45. The van der Waals surface area contributed by atoms with E-state index in [4.69, 9.17) is 18.6 Å². The molecule has 0 saturated heterocycles. The van der Waals surface area contributed by atoms with E-state index in [2.05, 4.69) is 0 Å². The fraction of sp³-hybridized carbons (Fsp3) is 0.217. The summed E-state index contributed by atoms with van der Waals surface area (Å²) in [6.07, 6.45) is 2.96. The van der Waals surface area contributed by atoms with Gasteiger partial charge in [0.15, 0.2) is 11.5 Å². The number of fused-ring (bicyclic) bond motifs is 1. The van der Waals surface area contributed by atoms with Crippen LogP contribution in [0.1, 0.15) is 26.8 Å². The molecule has 0 fully saturated rings. The summed E-state index contributed by atoms with van der Waals surface area (Å²) in [6.45, 7) is 3.05. The topological polar surface area (TPSA) is 78.2 Å². The van der Waals surface area contributed by atoms with E-state index in [9.17, 15) is 9.59 Å². The highest BCUT2D eigenvalue weighted by Gasteiger charge is 2.20. The highest BCUT2D eigenvalue weighted by Crippen LogP contribution is 2.35. The number of hydrogen-bond acceptors (Lipinski definition) is 7. The fourth-order valence-corrected chi connectivity index (χ4v) is 3.89. The van der Waals surface area contributed by atoms with Crippen molar-refractivity contribution in [2.75, 3.05) is 25.2 Å². The Kier molecular flexibility index (Phi) is 6.08. The Balaban J connectivity index is 1.60. The average Bonchev–Trinajstić information content (AvgIpc) is 3.44. The zero-order valence-electron chi connectivity index (χ0n) is 17.1. The van der Waals surface area contributed by atoms with Gasteiger partial charge in [0, 0.05) is 22.7 Å². The average molecular weight is 439 g/mol. The zero-order valence-corrected chi connectivity index (χ0v) is 17.9.